The summed E-state index contributed by atoms with van der Waals surface area (Å²) in [5, 5.41) is 12.1. The molecule has 0 aliphatic heterocycles. The zero-order valence-electron chi connectivity index (χ0n) is 11.4. The fourth-order valence-electron chi connectivity index (χ4n) is 1.87. The third-order valence-electron chi connectivity index (χ3n) is 2.78. The zero-order chi connectivity index (χ0) is 14.6. The third kappa shape index (κ3) is 4.28. The number of nitrogens with one attached hydrogen (secondary N) is 1. The molecule has 1 rings (SSSR count). The number of carbonyl (C=O) groups is 2. The van der Waals surface area contributed by atoms with Crippen LogP contribution >= 0.6 is 0 Å². The first-order valence-corrected chi connectivity index (χ1v) is 6.21. The van der Waals surface area contributed by atoms with Crippen LogP contribution in [0.2, 0.25) is 0 Å². The fraction of sp³-hybridized carbons (Fsp3) is 0.429. The van der Waals surface area contributed by atoms with Crippen LogP contribution in [0.25, 0.3) is 0 Å². The maximum absolute atomic E-state index is 11.3. The van der Waals surface area contributed by atoms with E-state index < -0.39 is 17.9 Å². The Balaban J connectivity index is 3.04. The van der Waals surface area contributed by atoms with Gasteiger partial charge < -0.3 is 16.2 Å². The minimum Gasteiger partial charge on any atom is -0.480 e. The minimum atomic E-state index is -0.939. The molecule has 5 nitrogen and oxygen atoms in total. The van der Waals surface area contributed by atoms with Crippen molar-refractivity contribution >= 4 is 17.6 Å². The first kappa shape index (κ1) is 15.0. The van der Waals surface area contributed by atoms with Crippen molar-refractivity contribution < 1.29 is 14.7 Å². The molecule has 0 saturated heterocycles. The molecule has 0 aliphatic carbocycles. The number of primary amides is 1. The number of rotatable bonds is 6. The molecule has 1 amide bonds. The van der Waals surface area contributed by atoms with Gasteiger partial charge in [0.1, 0.15) is 6.04 Å². The largest absolute Gasteiger partial charge is 0.480 e. The Morgan fingerprint density at radius 2 is 2.00 bits per heavy atom. The number of carboxylic acid groups (broad SMARTS) is 1. The summed E-state index contributed by atoms with van der Waals surface area (Å²) in [6.07, 6.45) is 0.474. The molecule has 4 N–H and O–H groups in total. The van der Waals surface area contributed by atoms with Gasteiger partial charge in [0.2, 0.25) is 0 Å². The molecular weight excluding hydrogens is 244 g/mol. The fourth-order valence-corrected chi connectivity index (χ4v) is 1.87. The van der Waals surface area contributed by atoms with Crippen molar-refractivity contribution in [3.8, 4) is 0 Å². The number of hydrogen-bond donors (Lipinski definition) is 3. The Labute approximate surface area is 112 Å². The first-order chi connectivity index (χ1) is 8.81. The number of anilines is 1. The second-order valence-corrected chi connectivity index (χ2v) is 5.08. The zero-order valence-corrected chi connectivity index (χ0v) is 11.4. The standard InChI is InChI=1S/C14H20N2O3/c1-8(2)6-12(14(18)19)16-11-7-9(3)4-5-10(11)13(15)17/h4-5,7-8,12,16H,6H2,1-3H3,(H2,15,17)(H,18,19). The van der Waals surface area contributed by atoms with Crippen LogP contribution in [0.1, 0.15) is 36.2 Å². The van der Waals surface area contributed by atoms with Crippen LogP contribution in [0, 0.1) is 12.8 Å². The summed E-state index contributed by atoms with van der Waals surface area (Å²) < 4.78 is 0. The monoisotopic (exact) mass is 264 g/mol. The van der Waals surface area contributed by atoms with E-state index in [2.05, 4.69) is 5.32 Å². The van der Waals surface area contributed by atoms with E-state index in [4.69, 9.17) is 5.73 Å². The van der Waals surface area contributed by atoms with Crippen LogP contribution in [0.15, 0.2) is 18.2 Å². The van der Waals surface area contributed by atoms with Crippen LogP contribution < -0.4 is 11.1 Å². The molecule has 5 heteroatoms. The smallest absolute Gasteiger partial charge is 0.326 e. The van der Waals surface area contributed by atoms with E-state index in [1.807, 2.05) is 20.8 Å². The van der Waals surface area contributed by atoms with Crippen molar-refractivity contribution in [3.63, 3.8) is 0 Å². The maximum atomic E-state index is 11.3. The molecule has 0 saturated carbocycles. The molecule has 0 aliphatic rings. The molecule has 0 heterocycles. The average Bonchev–Trinajstić information content (AvgIpc) is 2.26. The van der Waals surface area contributed by atoms with Crippen molar-refractivity contribution in [1.82, 2.24) is 0 Å². The summed E-state index contributed by atoms with van der Waals surface area (Å²) >= 11 is 0. The van der Waals surface area contributed by atoms with Gasteiger partial charge in [-0.15, -0.1) is 0 Å². The number of benzene rings is 1. The highest BCUT2D eigenvalue weighted by molar-refractivity contribution is 5.99. The number of nitrogens with two attached hydrogens (primary N) is 1. The summed E-state index contributed by atoms with van der Waals surface area (Å²) in [6.45, 7) is 5.76. The Bertz CT molecular complexity index is 484. The van der Waals surface area contributed by atoms with Crippen molar-refractivity contribution in [1.29, 1.82) is 0 Å². The highest BCUT2D eigenvalue weighted by Gasteiger charge is 2.20. The van der Waals surface area contributed by atoms with Gasteiger partial charge in [-0.2, -0.15) is 0 Å². The summed E-state index contributed by atoms with van der Waals surface area (Å²) in [6, 6.07) is 4.37. The molecule has 0 aromatic heterocycles. The topological polar surface area (TPSA) is 92.4 Å². The van der Waals surface area contributed by atoms with Crippen molar-refractivity contribution in [2.45, 2.75) is 33.2 Å². The molecular formula is C14H20N2O3. The van der Waals surface area contributed by atoms with Gasteiger partial charge in [0.25, 0.3) is 5.91 Å². The third-order valence-corrected chi connectivity index (χ3v) is 2.78. The van der Waals surface area contributed by atoms with Gasteiger partial charge in [-0.1, -0.05) is 19.9 Å². The molecule has 1 unspecified atom stereocenters. The highest BCUT2D eigenvalue weighted by atomic mass is 16.4. The Hall–Kier alpha value is -2.04. The molecule has 19 heavy (non-hydrogen) atoms. The first-order valence-electron chi connectivity index (χ1n) is 6.21. The number of amides is 1. The van der Waals surface area contributed by atoms with Gasteiger partial charge in [0.15, 0.2) is 0 Å². The van der Waals surface area contributed by atoms with Crippen molar-refractivity contribution in [2.24, 2.45) is 11.7 Å². The predicted octanol–water partition coefficient (Wildman–Crippen LogP) is 2.01. The van der Waals surface area contributed by atoms with Gasteiger partial charge in [-0.05, 0) is 37.0 Å². The second-order valence-electron chi connectivity index (χ2n) is 5.08. The van der Waals surface area contributed by atoms with E-state index >= 15 is 0 Å². The molecule has 1 aromatic rings. The summed E-state index contributed by atoms with van der Waals surface area (Å²) in [4.78, 5) is 22.6. The van der Waals surface area contributed by atoms with Crippen molar-refractivity contribution in [2.75, 3.05) is 5.32 Å². The van der Waals surface area contributed by atoms with Crippen LogP contribution in [-0.2, 0) is 4.79 Å². The lowest BCUT2D eigenvalue weighted by molar-refractivity contribution is -0.138. The number of hydrogen-bond acceptors (Lipinski definition) is 3. The Morgan fingerprint density at radius 3 is 2.47 bits per heavy atom. The van der Waals surface area contributed by atoms with Gasteiger partial charge >= 0.3 is 5.97 Å². The van der Waals surface area contributed by atoms with E-state index in [-0.39, 0.29) is 5.92 Å². The lowest BCUT2D eigenvalue weighted by atomic mass is 10.0. The average molecular weight is 264 g/mol. The quantitative estimate of drug-likeness (QED) is 0.732. The number of aryl methyl sites for hydroxylation is 1. The molecule has 0 bridgehead atoms. The SMILES string of the molecule is Cc1ccc(C(N)=O)c(NC(CC(C)C)C(=O)O)c1. The maximum Gasteiger partial charge on any atom is 0.326 e. The normalized spacial score (nSPS) is 12.2. The lowest BCUT2D eigenvalue weighted by Crippen LogP contribution is -2.31. The number of carbonyl (C=O) groups excluding carboxylic acids is 1. The van der Waals surface area contributed by atoms with E-state index in [9.17, 15) is 14.7 Å². The van der Waals surface area contributed by atoms with Gasteiger partial charge in [-0.25, -0.2) is 4.79 Å². The highest BCUT2D eigenvalue weighted by Crippen LogP contribution is 2.20. The second kappa shape index (κ2) is 6.22. The van der Waals surface area contributed by atoms with E-state index in [1.165, 1.54) is 0 Å². The number of aliphatic carboxylic acids is 1. The summed E-state index contributed by atoms with van der Waals surface area (Å²) in [5.41, 5.74) is 7.00. The Morgan fingerprint density at radius 1 is 1.37 bits per heavy atom. The molecule has 1 atom stereocenters. The van der Waals surface area contributed by atoms with Crippen LogP contribution in [0.3, 0.4) is 0 Å². The van der Waals surface area contributed by atoms with E-state index in [1.54, 1.807) is 18.2 Å². The van der Waals surface area contributed by atoms with Gasteiger partial charge in [-0.3, -0.25) is 4.79 Å². The van der Waals surface area contributed by atoms with E-state index in [0.717, 1.165) is 5.56 Å². The van der Waals surface area contributed by atoms with Crippen LogP contribution in [0.5, 0.6) is 0 Å². The predicted molar refractivity (Wildman–Crippen MR) is 74.2 cm³/mol. The van der Waals surface area contributed by atoms with Gasteiger partial charge in [0, 0.05) is 5.69 Å². The molecule has 0 radical (unpaired) electrons. The summed E-state index contributed by atoms with van der Waals surface area (Å²) in [7, 11) is 0. The molecule has 104 valence electrons. The molecule has 1 aromatic carbocycles. The molecule has 0 fully saturated rings. The number of carboxylic acids is 1. The van der Waals surface area contributed by atoms with Gasteiger partial charge in [0.05, 0.1) is 5.56 Å². The van der Waals surface area contributed by atoms with Crippen LogP contribution in [0.4, 0.5) is 5.69 Å². The summed E-state index contributed by atoms with van der Waals surface area (Å²) in [5.74, 6) is -1.28. The lowest BCUT2D eigenvalue weighted by Gasteiger charge is -2.19. The van der Waals surface area contributed by atoms with Crippen LogP contribution in [-0.4, -0.2) is 23.0 Å². The van der Waals surface area contributed by atoms with Crippen molar-refractivity contribution in [3.05, 3.63) is 29.3 Å². The van der Waals surface area contributed by atoms with E-state index in [0.29, 0.717) is 17.7 Å². The minimum absolute atomic E-state index is 0.232. The molecule has 0 spiro atoms. The Kier molecular flexibility index (Phi) is 4.92.